The van der Waals surface area contributed by atoms with Crippen molar-refractivity contribution in [2.45, 2.75) is 26.2 Å². The number of nitrogens with zero attached hydrogens (tertiary/aromatic N) is 1. The van der Waals surface area contributed by atoms with Gasteiger partial charge in [0.15, 0.2) is 0 Å². The summed E-state index contributed by atoms with van der Waals surface area (Å²) in [5.41, 5.74) is 2.69. The first kappa shape index (κ1) is 12.1. The van der Waals surface area contributed by atoms with Crippen molar-refractivity contribution in [3.05, 3.63) is 29.8 Å². The number of hydrogen-bond acceptors (Lipinski definition) is 2. The predicted octanol–water partition coefficient (Wildman–Crippen LogP) is 2.41. The average molecular weight is 207 g/mol. The lowest BCUT2D eigenvalue weighted by atomic mass is 9.87. The number of anilines is 1. The van der Waals surface area contributed by atoms with Crippen LogP contribution in [-0.4, -0.2) is 25.3 Å². The van der Waals surface area contributed by atoms with Gasteiger partial charge in [-0.15, -0.1) is 0 Å². The fourth-order valence-electron chi connectivity index (χ4n) is 1.50. The van der Waals surface area contributed by atoms with Crippen LogP contribution in [0.2, 0.25) is 0 Å². The Kier molecular flexibility index (Phi) is 3.75. The van der Waals surface area contributed by atoms with Crippen LogP contribution in [0, 0.1) is 0 Å². The lowest BCUT2D eigenvalue weighted by molar-refractivity contribution is 0.304. The molecule has 0 aliphatic carbocycles. The van der Waals surface area contributed by atoms with Crippen molar-refractivity contribution >= 4 is 5.69 Å². The predicted molar refractivity (Wildman–Crippen MR) is 65.5 cm³/mol. The Morgan fingerprint density at radius 2 is 1.67 bits per heavy atom. The summed E-state index contributed by atoms with van der Waals surface area (Å²) >= 11 is 0. The third kappa shape index (κ3) is 3.24. The Bertz CT molecular complexity index is 297. The molecule has 0 amide bonds. The Balaban J connectivity index is 2.81. The quantitative estimate of drug-likeness (QED) is 0.822. The zero-order chi connectivity index (χ0) is 11.5. The average Bonchev–Trinajstić information content (AvgIpc) is 2.17. The fourth-order valence-corrected chi connectivity index (χ4v) is 1.50. The van der Waals surface area contributed by atoms with E-state index in [0.29, 0.717) is 6.54 Å². The van der Waals surface area contributed by atoms with Crippen LogP contribution in [0.25, 0.3) is 0 Å². The molecule has 0 unspecified atom stereocenters. The molecule has 0 bridgehead atoms. The molecule has 2 heteroatoms. The summed E-state index contributed by atoms with van der Waals surface area (Å²) < 4.78 is 0. The second-order valence-electron chi connectivity index (χ2n) is 4.94. The molecular formula is C13H21NO. The monoisotopic (exact) mass is 207 g/mol. The van der Waals surface area contributed by atoms with Gasteiger partial charge >= 0.3 is 0 Å². The molecule has 1 rings (SSSR count). The highest BCUT2D eigenvalue weighted by Gasteiger charge is 2.13. The second kappa shape index (κ2) is 4.67. The van der Waals surface area contributed by atoms with Gasteiger partial charge in [0.05, 0.1) is 6.61 Å². The maximum atomic E-state index is 8.84. The van der Waals surface area contributed by atoms with Crippen LogP contribution in [0.1, 0.15) is 26.3 Å². The van der Waals surface area contributed by atoms with Crippen molar-refractivity contribution in [1.29, 1.82) is 0 Å². The molecule has 0 atom stereocenters. The highest BCUT2D eigenvalue weighted by atomic mass is 16.3. The van der Waals surface area contributed by atoms with E-state index in [4.69, 9.17) is 5.11 Å². The van der Waals surface area contributed by atoms with Gasteiger partial charge in [-0.25, -0.2) is 0 Å². The first-order valence-electron chi connectivity index (χ1n) is 5.37. The van der Waals surface area contributed by atoms with E-state index in [2.05, 4.69) is 45.0 Å². The van der Waals surface area contributed by atoms with Crippen molar-refractivity contribution in [2.24, 2.45) is 0 Å². The molecule has 0 saturated carbocycles. The van der Waals surface area contributed by atoms with Crippen molar-refractivity contribution in [1.82, 2.24) is 0 Å². The zero-order valence-electron chi connectivity index (χ0n) is 10.1. The molecule has 0 aliphatic heterocycles. The number of hydrogen-bond donors (Lipinski definition) is 1. The fraction of sp³-hybridized carbons (Fsp3) is 0.538. The lowest BCUT2D eigenvalue weighted by Gasteiger charge is -2.22. The van der Waals surface area contributed by atoms with Gasteiger partial charge in [0.1, 0.15) is 0 Å². The molecule has 1 aromatic carbocycles. The molecule has 0 heterocycles. The Hall–Kier alpha value is -1.02. The van der Waals surface area contributed by atoms with E-state index in [1.54, 1.807) is 0 Å². The van der Waals surface area contributed by atoms with Gasteiger partial charge in [-0.2, -0.15) is 0 Å². The molecular weight excluding hydrogens is 186 g/mol. The van der Waals surface area contributed by atoms with E-state index >= 15 is 0 Å². The summed E-state index contributed by atoms with van der Waals surface area (Å²) in [5, 5.41) is 8.84. The molecule has 0 saturated heterocycles. The highest BCUT2D eigenvalue weighted by Crippen LogP contribution is 2.24. The summed E-state index contributed by atoms with van der Waals surface area (Å²) in [6, 6.07) is 8.53. The van der Waals surface area contributed by atoms with Crippen molar-refractivity contribution in [3.63, 3.8) is 0 Å². The third-order valence-electron chi connectivity index (χ3n) is 2.61. The minimum Gasteiger partial charge on any atom is -0.395 e. The van der Waals surface area contributed by atoms with Crippen LogP contribution < -0.4 is 4.90 Å². The summed E-state index contributed by atoms with van der Waals surface area (Å²) in [6.07, 6.45) is 0. The van der Waals surface area contributed by atoms with E-state index in [-0.39, 0.29) is 12.0 Å². The van der Waals surface area contributed by atoms with Gasteiger partial charge < -0.3 is 10.0 Å². The Morgan fingerprint density at radius 3 is 2.07 bits per heavy atom. The Labute approximate surface area is 92.5 Å². The van der Waals surface area contributed by atoms with Crippen molar-refractivity contribution in [2.75, 3.05) is 25.1 Å². The van der Waals surface area contributed by atoms with Gasteiger partial charge in [-0.05, 0) is 23.1 Å². The van der Waals surface area contributed by atoms with Crippen LogP contribution in [0.5, 0.6) is 0 Å². The minimum absolute atomic E-state index is 0.192. The van der Waals surface area contributed by atoms with Crippen molar-refractivity contribution in [3.8, 4) is 0 Å². The molecule has 0 fully saturated rings. The SMILES string of the molecule is CN(CCO)c1ccc(C(C)(C)C)cc1. The first-order chi connectivity index (χ1) is 6.95. The Morgan fingerprint density at radius 1 is 1.13 bits per heavy atom. The summed E-state index contributed by atoms with van der Waals surface area (Å²) in [4.78, 5) is 2.05. The third-order valence-corrected chi connectivity index (χ3v) is 2.61. The molecule has 84 valence electrons. The van der Waals surface area contributed by atoms with E-state index in [1.165, 1.54) is 5.56 Å². The van der Waals surface area contributed by atoms with E-state index in [9.17, 15) is 0 Å². The molecule has 0 radical (unpaired) electrons. The number of rotatable bonds is 3. The summed E-state index contributed by atoms with van der Waals surface area (Å²) in [6.45, 7) is 7.49. The van der Waals surface area contributed by atoms with Gasteiger partial charge in [0, 0.05) is 19.3 Å². The molecule has 2 nitrogen and oxygen atoms in total. The van der Waals surface area contributed by atoms with Gasteiger partial charge in [-0.3, -0.25) is 0 Å². The maximum Gasteiger partial charge on any atom is 0.0606 e. The maximum absolute atomic E-state index is 8.84. The topological polar surface area (TPSA) is 23.5 Å². The number of benzene rings is 1. The molecule has 1 aromatic rings. The molecule has 0 aliphatic rings. The summed E-state index contributed by atoms with van der Waals surface area (Å²) in [5.74, 6) is 0. The van der Waals surface area contributed by atoms with Crippen LogP contribution in [-0.2, 0) is 5.41 Å². The molecule has 0 spiro atoms. The van der Waals surface area contributed by atoms with Crippen LogP contribution in [0.4, 0.5) is 5.69 Å². The van der Waals surface area contributed by atoms with E-state index < -0.39 is 0 Å². The van der Waals surface area contributed by atoms with Gasteiger partial charge in [0.2, 0.25) is 0 Å². The highest BCUT2D eigenvalue weighted by molar-refractivity contribution is 5.47. The largest absolute Gasteiger partial charge is 0.395 e. The van der Waals surface area contributed by atoms with Crippen LogP contribution in [0.3, 0.4) is 0 Å². The van der Waals surface area contributed by atoms with E-state index in [1.807, 2.05) is 11.9 Å². The normalized spacial score (nSPS) is 11.5. The number of aliphatic hydroxyl groups excluding tert-OH is 1. The number of aliphatic hydroxyl groups is 1. The standard InChI is InChI=1S/C13H21NO/c1-13(2,3)11-5-7-12(8-6-11)14(4)9-10-15/h5-8,15H,9-10H2,1-4H3. The van der Waals surface area contributed by atoms with Crippen LogP contribution in [0.15, 0.2) is 24.3 Å². The zero-order valence-corrected chi connectivity index (χ0v) is 10.1. The van der Waals surface area contributed by atoms with Gasteiger partial charge in [-0.1, -0.05) is 32.9 Å². The number of likely N-dealkylation sites (N-methyl/N-ethyl adjacent to an activating group) is 1. The molecule has 0 aromatic heterocycles. The van der Waals surface area contributed by atoms with Gasteiger partial charge in [0.25, 0.3) is 0 Å². The molecule has 1 N–H and O–H groups in total. The second-order valence-corrected chi connectivity index (χ2v) is 4.94. The van der Waals surface area contributed by atoms with E-state index in [0.717, 1.165) is 5.69 Å². The smallest absolute Gasteiger partial charge is 0.0606 e. The van der Waals surface area contributed by atoms with Crippen molar-refractivity contribution < 1.29 is 5.11 Å². The first-order valence-corrected chi connectivity index (χ1v) is 5.37. The summed E-state index contributed by atoms with van der Waals surface area (Å²) in [7, 11) is 1.99. The minimum atomic E-state index is 0.192. The lowest BCUT2D eigenvalue weighted by Crippen LogP contribution is -2.21. The van der Waals surface area contributed by atoms with Crippen LogP contribution >= 0.6 is 0 Å². The molecule has 15 heavy (non-hydrogen) atoms.